The van der Waals surface area contributed by atoms with Gasteiger partial charge in [-0.05, 0) is 47.0 Å². The highest BCUT2D eigenvalue weighted by Gasteiger charge is 2.34. The minimum Gasteiger partial charge on any atom is -0.383 e. The molecular weight excluding hydrogens is 422 g/mol. The summed E-state index contributed by atoms with van der Waals surface area (Å²) in [4.78, 5) is 23.7. The van der Waals surface area contributed by atoms with Crippen molar-refractivity contribution in [3.8, 4) is 0 Å². The number of benzene rings is 3. The van der Waals surface area contributed by atoms with Crippen molar-refractivity contribution >= 4 is 39.9 Å². The molecular formula is C25H22ClN5O. The highest BCUT2D eigenvalue weighted by molar-refractivity contribution is 6.30. The summed E-state index contributed by atoms with van der Waals surface area (Å²) in [6.45, 7) is 1.05. The zero-order chi connectivity index (χ0) is 22.1. The number of amides is 1. The molecule has 1 unspecified atom stereocenters. The SMILES string of the molecule is Nc1ncnc2cc(CNC(=O)C3Cc4ccccc4N3Cc3ccc(Cl)cc3)ccc12. The number of carbonyl (C=O) groups is 1. The molecule has 0 fully saturated rings. The Balaban J connectivity index is 1.34. The second-order valence-electron chi connectivity index (χ2n) is 7.93. The van der Waals surface area contributed by atoms with Crippen LogP contribution in [0, 0.1) is 0 Å². The van der Waals surface area contributed by atoms with Gasteiger partial charge in [-0.25, -0.2) is 9.97 Å². The summed E-state index contributed by atoms with van der Waals surface area (Å²) in [7, 11) is 0. The molecule has 0 spiro atoms. The Hall–Kier alpha value is -3.64. The molecule has 0 aliphatic carbocycles. The Morgan fingerprint density at radius 2 is 1.84 bits per heavy atom. The van der Waals surface area contributed by atoms with E-state index in [1.165, 1.54) is 11.9 Å². The second kappa shape index (κ2) is 8.48. The van der Waals surface area contributed by atoms with Crippen LogP contribution in [0.1, 0.15) is 16.7 Å². The Bertz CT molecular complexity index is 1290. The molecule has 160 valence electrons. The molecule has 1 aliphatic heterocycles. The zero-order valence-electron chi connectivity index (χ0n) is 17.3. The van der Waals surface area contributed by atoms with Crippen molar-refractivity contribution in [1.29, 1.82) is 0 Å². The third-order valence-electron chi connectivity index (χ3n) is 5.86. The summed E-state index contributed by atoms with van der Waals surface area (Å²) in [6, 6.07) is 21.4. The number of carbonyl (C=O) groups excluding carboxylic acids is 1. The van der Waals surface area contributed by atoms with Crippen LogP contribution in [0.25, 0.3) is 10.9 Å². The Morgan fingerprint density at radius 1 is 1.06 bits per heavy atom. The van der Waals surface area contributed by atoms with Gasteiger partial charge in [0.15, 0.2) is 0 Å². The summed E-state index contributed by atoms with van der Waals surface area (Å²) < 4.78 is 0. The molecule has 1 aliphatic rings. The molecule has 0 bridgehead atoms. The van der Waals surface area contributed by atoms with Crippen LogP contribution >= 0.6 is 11.6 Å². The molecule has 3 aromatic carbocycles. The van der Waals surface area contributed by atoms with Gasteiger partial charge in [-0.3, -0.25) is 4.79 Å². The van der Waals surface area contributed by atoms with E-state index >= 15 is 0 Å². The summed E-state index contributed by atoms with van der Waals surface area (Å²) in [5, 5.41) is 4.61. The van der Waals surface area contributed by atoms with E-state index in [9.17, 15) is 4.79 Å². The molecule has 0 saturated carbocycles. The van der Waals surface area contributed by atoms with Gasteiger partial charge in [0, 0.05) is 35.6 Å². The van der Waals surface area contributed by atoms with Crippen LogP contribution in [0.2, 0.25) is 5.02 Å². The molecule has 2 heterocycles. The molecule has 6 nitrogen and oxygen atoms in total. The van der Waals surface area contributed by atoms with Crippen molar-refractivity contribution in [3.05, 3.63) is 94.8 Å². The van der Waals surface area contributed by atoms with Gasteiger partial charge in [-0.15, -0.1) is 0 Å². The molecule has 32 heavy (non-hydrogen) atoms. The third-order valence-corrected chi connectivity index (χ3v) is 6.11. The lowest BCUT2D eigenvalue weighted by molar-refractivity contribution is -0.122. The molecule has 0 radical (unpaired) electrons. The van der Waals surface area contributed by atoms with Gasteiger partial charge in [-0.2, -0.15) is 0 Å². The fourth-order valence-corrected chi connectivity index (χ4v) is 4.33. The lowest BCUT2D eigenvalue weighted by Gasteiger charge is -2.27. The number of hydrogen-bond donors (Lipinski definition) is 2. The number of rotatable bonds is 5. The largest absolute Gasteiger partial charge is 0.383 e. The van der Waals surface area contributed by atoms with Crippen molar-refractivity contribution in [2.45, 2.75) is 25.6 Å². The van der Waals surface area contributed by atoms with Crippen LogP contribution in [0.3, 0.4) is 0 Å². The lowest BCUT2D eigenvalue weighted by atomic mass is 10.1. The molecule has 1 aromatic heterocycles. The molecule has 0 saturated heterocycles. The van der Waals surface area contributed by atoms with E-state index in [4.69, 9.17) is 17.3 Å². The van der Waals surface area contributed by atoms with Crippen LogP contribution in [0.15, 0.2) is 73.1 Å². The Labute approximate surface area is 191 Å². The van der Waals surface area contributed by atoms with Gasteiger partial charge in [0.2, 0.25) is 5.91 Å². The number of aromatic nitrogens is 2. The maximum Gasteiger partial charge on any atom is 0.243 e. The van der Waals surface area contributed by atoms with E-state index in [-0.39, 0.29) is 11.9 Å². The maximum atomic E-state index is 13.2. The van der Waals surface area contributed by atoms with Crippen LogP contribution in [0.5, 0.6) is 0 Å². The van der Waals surface area contributed by atoms with Gasteiger partial charge in [0.05, 0.1) is 5.52 Å². The minimum atomic E-state index is -0.276. The van der Waals surface area contributed by atoms with E-state index in [1.807, 2.05) is 54.6 Å². The van der Waals surface area contributed by atoms with E-state index < -0.39 is 0 Å². The minimum absolute atomic E-state index is 0.00235. The number of nitrogens with one attached hydrogen (secondary N) is 1. The topological polar surface area (TPSA) is 84.1 Å². The number of anilines is 2. The van der Waals surface area contributed by atoms with Crippen molar-refractivity contribution in [1.82, 2.24) is 15.3 Å². The average molecular weight is 444 g/mol. The summed E-state index contributed by atoms with van der Waals surface area (Å²) in [5.74, 6) is 0.449. The molecule has 1 atom stereocenters. The predicted octanol–water partition coefficient (Wildman–Crippen LogP) is 4.11. The summed E-state index contributed by atoms with van der Waals surface area (Å²) in [6.07, 6.45) is 2.13. The molecule has 5 rings (SSSR count). The fourth-order valence-electron chi connectivity index (χ4n) is 4.21. The van der Waals surface area contributed by atoms with Gasteiger partial charge in [0.25, 0.3) is 0 Å². The van der Waals surface area contributed by atoms with Crippen molar-refractivity contribution in [3.63, 3.8) is 0 Å². The van der Waals surface area contributed by atoms with Crippen molar-refractivity contribution < 1.29 is 4.79 Å². The standard InChI is InChI=1S/C25H22ClN5O/c26-19-8-5-16(6-9-19)14-31-22-4-2-1-3-18(22)12-23(31)25(32)28-13-17-7-10-20-21(11-17)29-15-30-24(20)27/h1-11,15,23H,12-14H2,(H,28,32)(H2,27,29,30). The number of nitrogen functional groups attached to an aromatic ring is 1. The highest BCUT2D eigenvalue weighted by Crippen LogP contribution is 2.33. The number of para-hydroxylation sites is 1. The van der Waals surface area contributed by atoms with Gasteiger partial charge >= 0.3 is 0 Å². The smallest absolute Gasteiger partial charge is 0.243 e. The fraction of sp³-hybridized carbons (Fsp3) is 0.160. The normalized spacial score (nSPS) is 15.0. The van der Waals surface area contributed by atoms with E-state index in [0.717, 1.165) is 27.7 Å². The van der Waals surface area contributed by atoms with Crippen LogP contribution in [0.4, 0.5) is 11.5 Å². The second-order valence-corrected chi connectivity index (χ2v) is 8.37. The number of fused-ring (bicyclic) bond motifs is 2. The zero-order valence-corrected chi connectivity index (χ0v) is 18.1. The molecule has 1 amide bonds. The summed E-state index contributed by atoms with van der Waals surface area (Å²) in [5.41, 5.74) is 11.0. The number of hydrogen-bond acceptors (Lipinski definition) is 5. The maximum absolute atomic E-state index is 13.2. The monoisotopic (exact) mass is 443 g/mol. The highest BCUT2D eigenvalue weighted by atomic mass is 35.5. The van der Waals surface area contributed by atoms with E-state index in [1.54, 1.807) is 0 Å². The average Bonchev–Trinajstić information content (AvgIpc) is 3.17. The van der Waals surface area contributed by atoms with E-state index in [2.05, 4.69) is 32.3 Å². The quantitative estimate of drug-likeness (QED) is 0.485. The predicted molar refractivity (Wildman–Crippen MR) is 127 cm³/mol. The van der Waals surface area contributed by atoms with E-state index in [0.29, 0.717) is 30.4 Å². The van der Waals surface area contributed by atoms with Crippen molar-refractivity contribution in [2.75, 3.05) is 10.6 Å². The molecule has 3 N–H and O–H groups in total. The first-order valence-corrected chi connectivity index (χ1v) is 10.8. The van der Waals surface area contributed by atoms with Crippen LogP contribution in [-0.2, 0) is 24.3 Å². The third kappa shape index (κ3) is 3.97. The van der Waals surface area contributed by atoms with Crippen LogP contribution in [-0.4, -0.2) is 21.9 Å². The summed E-state index contributed by atoms with van der Waals surface area (Å²) >= 11 is 6.04. The molecule has 7 heteroatoms. The van der Waals surface area contributed by atoms with Gasteiger partial charge in [-0.1, -0.05) is 48.0 Å². The number of nitrogens with two attached hydrogens (primary N) is 1. The number of nitrogens with zero attached hydrogens (tertiary/aromatic N) is 3. The Kier molecular flexibility index (Phi) is 5.37. The van der Waals surface area contributed by atoms with Crippen LogP contribution < -0.4 is 16.0 Å². The number of halogens is 1. The lowest BCUT2D eigenvalue weighted by Crippen LogP contribution is -2.44. The Morgan fingerprint density at radius 3 is 2.69 bits per heavy atom. The van der Waals surface area contributed by atoms with Gasteiger partial charge < -0.3 is 16.0 Å². The first kappa shape index (κ1) is 20.3. The van der Waals surface area contributed by atoms with Crippen molar-refractivity contribution in [2.24, 2.45) is 0 Å². The molecule has 4 aromatic rings. The van der Waals surface area contributed by atoms with Gasteiger partial charge in [0.1, 0.15) is 18.2 Å². The first-order chi connectivity index (χ1) is 15.6. The first-order valence-electron chi connectivity index (χ1n) is 10.4.